The Bertz CT molecular complexity index is 140. The molecule has 0 radical (unpaired) electrons. The van der Waals surface area contributed by atoms with E-state index in [0.717, 1.165) is 12.3 Å². The molecule has 1 aliphatic carbocycles. The first-order valence-electron chi connectivity index (χ1n) is 6.43. The van der Waals surface area contributed by atoms with Crippen molar-refractivity contribution in [2.24, 2.45) is 11.8 Å². The highest BCUT2D eigenvalue weighted by molar-refractivity contribution is 4.82. The number of unbranched alkanes of at least 4 members (excludes halogenated alkanes) is 4. The first-order chi connectivity index (χ1) is 6.75. The summed E-state index contributed by atoms with van der Waals surface area (Å²) in [6.45, 7) is 4.46. The van der Waals surface area contributed by atoms with E-state index in [1.807, 2.05) is 0 Å². The summed E-state index contributed by atoms with van der Waals surface area (Å²) in [7, 11) is 0. The zero-order valence-electron chi connectivity index (χ0n) is 9.84. The normalized spacial score (nSPS) is 20.8. The molecule has 0 saturated heterocycles. The lowest BCUT2D eigenvalue weighted by Gasteiger charge is -2.17. The number of hydrogen-bond acceptors (Lipinski definition) is 1. The zero-order chi connectivity index (χ0) is 10.4. The maximum absolute atomic E-state index is 9.88. The van der Waals surface area contributed by atoms with Crippen molar-refractivity contribution in [1.82, 2.24) is 0 Å². The number of aliphatic hydroxyl groups excluding tert-OH is 1. The van der Waals surface area contributed by atoms with E-state index in [4.69, 9.17) is 0 Å². The number of aliphatic hydroxyl groups is 1. The van der Waals surface area contributed by atoms with Gasteiger partial charge < -0.3 is 5.11 Å². The molecule has 1 fully saturated rings. The van der Waals surface area contributed by atoms with Crippen molar-refractivity contribution >= 4 is 0 Å². The Morgan fingerprint density at radius 1 is 1.14 bits per heavy atom. The van der Waals surface area contributed by atoms with E-state index >= 15 is 0 Å². The monoisotopic (exact) mass is 198 g/mol. The molecule has 0 aromatic carbocycles. The lowest BCUT2D eigenvalue weighted by Crippen LogP contribution is -2.19. The van der Waals surface area contributed by atoms with Crippen LogP contribution in [-0.2, 0) is 0 Å². The van der Waals surface area contributed by atoms with E-state index in [2.05, 4.69) is 13.8 Å². The fraction of sp³-hybridized carbons (Fsp3) is 1.00. The van der Waals surface area contributed by atoms with Crippen LogP contribution < -0.4 is 0 Å². The molecular weight excluding hydrogens is 172 g/mol. The minimum Gasteiger partial charge on any atom is -0.393 e. The minimum atomic E-state index is -0.0240. The van der Waals surface area contributed by atoms with Gasteiger partial charge in [-0.2, -0.15) is 0 Å². The molecule has 1 nitrogen and oxygen atoms in total. The molecule has 1 aliphatic rings. The van der Waals surface area contributed by atoms with Crippen LogP contribution in [0.3, 0.4) is 0 Å². The second kappa shape index (κ2) is 6.44. The van der Waals surface area contributed by atoms with Crippen LogP contribution in [-0.4, -0.2) is 11.2 Å². The van der Waals surface area contributed by atoms with Gasteiger partial charge in [0.25, 0.3) is 0 Å². The van der Waals surface area contributed by atoms with E-state index in [-0.39, 0.29) is 6.10 Å². The van der Waals surface area contributed by atoms with Crippen LogP contribution in [0.2, 0.25) is 0 Å². The van der Waals surface area contributed by atoms with Gasteiger partial charge in [0.2, 0.25) is 0 Å². The average molecular weight is 198 g/mol. The smallest absolute Gasteiger partial charge is 0.0568 e. The zero-order valence-corrected chi connectivity index (χ0v) is 9.84. The van der Waals surface area contributed by atoms with Crippen LogP contribution >= 0.6 is 0 Å². The summed E-state index contributed by atoms with van der Waals surface area (Å²) in [5, 5.41) is 9.88. The highest BCUT2D eigenvalue weighted by Crippen LogP contribution is 2.39. The fourth-order valence-corrected chi connectivity index (χ4v) is 2.16. The Morgan fingerprint density at radius 2 is 1.79 bits per heavy atom. The molecule has 0 bridgehead atoms. The summed E-state index contributed by atoms with van der Waals surface area (Å²) in [4.78, 5) is 0. The summed E-state index contributed by atoms with van der Waals surface area (Å²) < 4.78 is 0. The van der Waals surface area contributed by atoms with E-state index in [1.165, 1.54) is 44.9 Å². The van der Waals surface area contributed by atoms with Gasteiger partial charge in [-0.1, -0.05) is 46.0 Å². The maximum Gasteiger partial charge on any atom is 0.0568 e. The number of rotatable bonds is 8. The van der Waals surface area contributed by atoms with Crippen LogP contribution in [0.4, 0.5) is 0 Å². The van der Waals surface area contributed by atoms with E-state index in [1.54, 1.807) is 0 Å². The third-order valence-corrected chi connectivity index (χ3v) is 3.58. The molecule has 1 rings (SSSR count). The van der Waals surface area contributed by atoms with Gasteiger partial charge in [-0.05, 0) is 31.1 Å². The van der Waals surface area contributed by atoms with Crippen molar-refractivity contribution in [3.63, 3.8) is 0 Å². The van der Waals surface area contributed by atoms with Crippen molar-refractivity contribution in [1.29, 1.82) is 0 Å². The van der Waals surface area contributed by atoms with Crippen molar-refractivity contribution < 1.29 is 5.11 Å². The molecule has 84 valence electrons. The van der Waals surface area contributed by atoms with Gasteiger partial charge in [-0.15, -0.1) is 0 Å². The Kier molecular flexibility index (Phi) is 5.54. The lowest BCUT2D eigenvalue weighted by molar-refractivity contribution is 0.0936. The van der Waals surface area contributed by atoms with Crippen LogP contribution in [0.1, 0.15) is 65.2 Å². The molecule has 1 heteroatoms. The van der Waals surface area contributed by atoms with Crippen LogP contribution in [0.5, 0.6) is 0 Å². The quantitative estimate of drug-likeness (QED) is 0.589. The number of hydrogen-bond donors (Lipinski definition) is 1. The first-order valence-corrected chi connectivity index (χ1v) is 6.43. The second-order valence-corrected chi connectivity index (χ2v) is 4.97. The highest BCUT2D eigenvalue weighted by Gasteiger charge is 2.31. The molecule has 0 amide bonds. The van der Waals surface area contributed by atoms with Crippen molar-refractivity contribution in [2.45, 2.75) is 71.3 Å². The lowest BCUT2D eigenvalue weighted by atomic mass is 9.94. The fourth-order valence-electron chi connectivity index (χ4n) is 2.16. The van der Waals surface area contributed by atoms with Gasteiger partial charge in [0.05, 0.1) is 6.10 Å². The summed E-state index contributed by atoms with van der Waals surface area (Å²) in [6.07, 6.45) is 10.3. The third kappa shape index (κ3) is 4.45. The van der Waals surface area contributed by atoms with Crippen molar-refractivity contribution in [3.05, 3.63) is 0 Å². The molecule has 0 unspecified atom stereocenters. The Balaban J connectivity index is 1.94. The van der Waals surface area contributed by atoms with Gasteiger partial charge in [0.1, 0.15) is 0 Å². The van der Waals surface area contributed by atoms with Crippen LogP contribution in [0.25, 0.3) is 0 Å². The summed E-state index contributed by atoms with van der Waals surface area (Å²) in [5.74, 6) is 1.40. The van der Waals surface area contributed by atoms with Gasteiger partial charge in [-0.3, -0.25) is 0 Å². The van der Waals surface area contributed by atoms with E-state index in [9.17, 15) is 5.11 Å². The molecular formula is C13H26O. The average Bonchev–Trinajstić information content (AvgIpc) is 2.99. The van der Waals surface area contributed by atoms with E-state index in [0.29, 0.717) is 5.92 Å². The van der Waals surface area contributed by atoms with E-state index < -0.39 is 0 Å². The molecule has 0 spiro atoms. The molecule has 0 aromatic rings. The predicted molar refractivity (Wildman–Crippen MR) is 61.3 cm³/mol. The SMILES string of the molecule is CCCCCCC[C@@H](O)[C@H](C)C1CC1. The molecule has 2 atom stereocenters. The van der Waals surface area contributed by atoms with Crippen LogP contribution in [0.15, 0.2) is 0 Å². The molecule has 0 aromatic heterocycles. The molecule has 0 heterocycles. The summed E-state index contributed by atoms with van der Waals surface area (Å²) in [6, 6.07) is 0. The molecule has 0 aliphatic heterocycles. The highest BCUT2D eigenvalue weighted by atomic mass is 16.3. The van der Waals surface area contributed by atoms with Gasteiger partial charge in [0, 0.05) is 0 Å². The largest absolute Gasteiger partial charge is 0.393 e. The van der Waals surface area contributed by atoms with Gasteiger partial charge >= 0.3 is 0 Å². The van der Waals surface area contributed by atoms with Gasteiger partial charge in [0.15, 0.2) is 0 Å². The predicted octanol–water partition coefficient (Wildman–Crippen LogP) is 3.75. The topological polar surface area (TPSA) is 20.2 Å². The summed E-state index contributed by atoms with van der Waals surface area (Å²) >= 11 is 0. The first kappa shape index (κ1) is 12.0. The Morgan fingerprint density at radius 3 is 2.36 bits per heavy atom. The Labute approximate surface area is 88.9 Å². The molecule has 14 heavy (non-hydrogen) atoms. The van der Waals surface area contributed by atoms with Crippen molar-refractivity contribution in [3.8, 4) is 0 Å². The Hall–Kier alpha value is -0.0400. The van der Waals surface area contributed by atoms with Crippen LogP contribution in [0, 0.1) is 11.8 Å². The van der Waals surface area contributed by atoms with Crippen molar-refractivity contribution in [2.75, 3.05) is 0 Å². The summed E-state index contributed by atoms with van der Waals surface area (Å²) in [5.41, 5.74) is 0. The third-order valence-electron chi connectivity index (χ3n) is 3.58. The van der Waals surface area contributed by atoms with Gasteiger partial charge in [-0.25, -0.2) is 0 Å². The standard InChI is InChI=1S/C13H26O/c1-3-4-5-6-7-8-13(14)11(2)12-9-10-12/h11-14H,3-10H2,1-2H3/t11-,13-/m1/s1. The molecule has 1 saturated carbocycles. The minimum absolute atomic E-state index is 0.0240. The molecule has 1 N–H and O–H groups in total. The second-order valence-electron chi connectivity index (χ2n) is 4.97. The maximum atomic E-state index is 9.88.